The van der Waals surface area contributed by atoms with Gasteiger partial charge in [-0.1, -0.05) is 72.8 Å². The Balaban J connectivity index is 1.75. The van der Waals surface area contributed by atoms with Crippen LogP contribution >= 0.6 is 0 Å². The maximum atomic E-state index is 13.1. The number of carbonyl (C=O) groups is 1. The lowest BCUT2D eigenvalue weighted by Crippen LogP contribution is -2.39. The van der Waals surface area contributed by atoms with Crippen molar-refractivity contribution < 1.29 is 4.79 Å². The molecule has 0 spiro atoms. The van der Waals surface area contributed by atoms with Crippen LogP contribution in [0, 0.1) is 17.8 Å². The van der Waals surface area contributed by atoms with Crippen molar-refractivity contribution in [3.05, 3.63) is 83.9 Å². The highest BCUT2D eigenvalue weighted by molar-refractivity contribution is 5.99. The van der Waals surface area contributed by atoms with E-state index in [0.717, 1.165) is 12.0 Å². The summed E-state index contributed by atoms with van der Waals surface area (Å²) in [5.74, 6) is 1.63. The lowest BCUT2D eigenvalue weighted by Gasteiger charge is -2.44. The molecule has 5 rings (SSSR count). The van der Waals surface area contributed by atoms with Crippen molar-refractivity contribution in [3.8, 4) is 0 Å². The van der Waals surface area contributed by atoms with Crippen molar-refractivity contribution in [1.29, 1.82) is 0 Å². The van der Waals surface area contributed by atoms with Crippen molar-refractivity contribution in [1.82, 2.24) is 0 Å². The molecule has 0 aliphatic heterocycles. The first kappa shape index (κ1) is 13.5. The average molecular weight is 288 g/mol. The standard InChI is InChI=1S/C21H20O/c22-21(18-9-5-2-6-10-18)20-17-13-11-16(12-14-17)19(20)15-7-3-1-4-8-15/h1-11,13,16-17,19-20H,12,14H2. The third-order valence-corrected chi connectivity index (χ3v) is 5.29. The SMILES string of the molecule is O=C(c1ccccc1)C1C2C=CC(CC2)C1c1ccccc1. The molecule has 3 aliphatic carbocycles. The minimum Gasteiger partial charge on any atom is -0.294 e. The first-order valence-corrected chi connectivity index (χ1v) is 8.17. The summed E-state index contributed by atoms with van der Waals surface area (Å²) in [6.45, 7) is 0. The molecule has 0 amide bonds. The van der Waals surface area contributed by atoms with Crippen molar-refractivity contribution >= 4 is 5.78 Å². The summed E-state index contributed by atoms with van der Waals surface area (Å²) in [7, 11) is 0. The lowest BCUT2D eigenvalue weighted by atomic mass is 9.58. The summed E-state index contributed by atoms with van der Waals surface area (Å²) in [5.41, 5.74) is 2.17. The van der Waals surface area contributed by atoms with Gasteiger partial charge in [0.05, 0.1) is 0 Å². The molecule has 22 heavy (non-hydrogen) atoms. The van der Waals surface area contributed by atoms with E-state index in [1.807, 2.05) is 30.3 Å². The highest BCUT2D eigenvalue weighted by Crippen LogP contribution is 2.50. The number of hydrogen-bond donors (Lipinski definition) is 0. The summed E-state index contributed by atoms with van der Waals surface area (Å²) >= 11 is 0. The van der Waals surface area contributed by atoms with Gasteiger partial charge < -0.3 is 0 Å². The fourth-order valence-corrected chi connectivity index (χ4v) is 4.28. The highest BCUT2D eigenvalue weighted by atomic mass is 16.1. The van der Waals surface area contributed by atoms with E-state index in [2.05, 4.69) is 42.5 Å². The Morgan fingerprint density at radius 2 is 1.36 bits per heavy atom. The zero-order valence-electron chi connectivity index (χ0n) is 12.6. The average Bonchev–Trinajstić information content (AvgIpc) is 2.63. The zero-order valence-corrected chi connectivity index (χ0v) is 12.6. The molecule has 110 valence electrons. The van der Waals surface area contributed by atoms with Crippen LogP contribution in [0.3, 0.4) is 0 Å². The molecule has 4 unspecified atom stereocenters. The molecule has 2 aromatic rings. The molecule has 1 nitrogen and oxygen atoms in total. The number of allylic oxidation sites excluding steroid dienone is 2. The molecular weight excluding hydrogens is 268 g/mol. The van der Waals surface area contributed by atoms with Crippen molar-refractivity contribution in [2.45, 2.75) is 18.8 Å². The van der Waals surface area contributed by atoms with Gasteiger partial charge in [0, 0.05) is 17.4 Å². The van der Waals surface area contributed by atoms with E-state index < -0.39 is 0 Å². The number of carbonyl (C=O) groups excluding carboxylic acids is 1. The summed E-state index contributed by atoms with van der Waals surface area (Å²) in [5, 5.41) is 0. The van der Waals surface area contributed by atoms with Crippen LogP contribution in [0.15, 0.2) is 72.8 Å². The zero-order chi connectivity index (χ0) is 14.9. The van der Waals surface area contributed by atoms with Gasteiger partial charge in [0.2, 0.25) is 0 Å². The van der Waals surface area contributed by atoms with Crippen LogP contribution in [0.2, 0.25) is 0 Å². The molecular formula is C21H20O. The van der Waals surface area contributed by atoms with Crippen LogP contribution in [0.25, 0.3) is 0 Å². The Bertz CT molecular complexity index is 686. The lowest BCUT2D eigenvalue weighted by molar-refractivity contribution is 0.0770. The molecule has 1 heteroatoms. The molecule has 4 atom stereocenters. The van der Waals surface area contributed by atoms with Gasteiger partial charge in [-0.25, -0.2) is 0 Å². The quantitative estimate of drug-likeness (QED) is 0.582. The Morgan fingerprint density at radius 1 is 0.773 bits per heavy atom. The van der Waals surface area contributed by atoms with E-state index in [0.29, 0.717) is 23.5 Å². The molecule has 2 bridgehead atoms. The number of hydrogen-bond acceptors (Lipinski definition) is 1. The van der Waals surface area contributed by atoms with Gasteiger partial charge in [0.25, 0.3) is 0 Å². The molecule has 1 fully saturated rings. The Morgan fingerprint density at radius 3 is 2.00 bits per heavy atom. The molecule has 0 aromatic heterocycles. The van der Waals surface area contributed by atoms with Crippen molar-refractivity contribution in [3.63, 3.8) is 0 Å². The fourth-order valence-electron chi connectivity index (χ4n) is 4.28. The second kappa shape index (κ2) is 5.57. The first-order valence-electron chi connectivity index (χ1n) is 8.17. The van der Waals surface area contributed by atoms with E-state index in [4.69, 9.17) is 0 Å². The normalized spacial score (nSPS) is 29.5. The largest absolute Gasteiger partial charge is 0.294 e. The monoisotopic (exact) mass is 288 g/mol. The molecule has 1 saturated carbocycles. The van der Waals surface area contributed by atoms with Gasteiger partial charge in [-0.05, 0) is 30.2 Å². The van der Waals surface area contributed by atoms with E-state index in [1.165, 1.54) is 12.0 Å². The third-order valence-electron chi connectivity index (χ3n) is 5.29. The number of benzene rings is 2. The van der Waals surface area contributed by atoms with Crippen LogP contribution in [0.4, 0.5) is 0 Å². The number of ketones is 1. The van der Waals surface area contributed by atoms with Crippen LogP contribution < -0.4 is 0 Å². The van der Waals surface area contributed by atoms with Crippen LogP contribution in [0.1, 0.15) is 34.7 Å². The fraction of sp³-hybridized carbons (Fsp3) is 0.286. The minimum absolute atomic E-state index is 0.0912. The molecule has 2 aromatic carbocycles. The maximum Gasteiger partial charge on any atom is 0.167 e. The van der Waals surface area contributed by atoms with Crippen LogP contribution in [-0.4, -0.2) is 5.78 Å². The van der Waals surface area contributed by atoms with Gasteiger partial charge >= 0.3 is 0 Å². The van der Waals surface area contributed by atoms with Crippen molar-refractivity contribution in [2.24, 2.45) is 17.8 Å². The predicted molar refractivity (Wildman–Crippen MR) is 88.8 cm³/mol. The number of rotatable bonds is 3. The van der Waals surface area contributed by atoms with Gasteiger partial charge in [0.15, 0.2) is 5.78 Å². The highest BCUT2D eigenvalue weighted by Gasteiger charge is 2.44. The van der Waals surface area contributed by atoms with Gasteiger partial charge in [-0.2, -0.15) is 0 Å². The molecule has 0 N–H and O–H groups in total. The summed E-state index contributed by atoms with van der Waals surface area (Å²) < 4.78 is 0. The molecule has 3 aliphatic rings. The molecule has 0 saturated heterocycles. The Hall–Kier alpha value is -2.15. The third kappa shape index (κ3) is 2.21. The molecule has 0 heterocycles. The second-order valence-corrected chi connectivity index (χ2v) is 6.48. The van der Waals surface area contributed by atoms with Gasteiger partial charge in [0.1, 0.15) is 0 Å². The summed E-state index contributed by atoms with van der Waals surface area (Å²) in [6.07, 6.45) is 6.99. The Kier molecular flexibility index (Phi) is 3.42. The summed E-state index contributed by atoms with van der Waals surface area (Å²) in [4.78, 5) is 13.1. The minimum atomic E-state index is 0.0912. The van der Waals surface area contributed by atoms with Crippen LogP contribution in [-0.2, 0) is 0 Å². The van der Waals surface area contributed by atoms with E-state index >= 15 is 0 Å². The predicted octanol–water partition coefficient (Wildman–Crippen LogP) is 4.87. The number of Topliss-reactive ketones (excluding diaryl/α,β-unsaturated/α-hetero) is 1. The van der Waals surface area contributed by atoms with E-state index in [-0.39, 0.29) is 5.92 Å². The smallest absolute Gasteiger partial charge is 0.167 e. The second-order valence-electron chi connectivity index (χ2n) is 6.48. The topological polar surface area (TPSA) is 17.1 Å². The number of fused-ring (bicyclic) bond motifs is 2. The summed E-state index contributed by atoms with van der Waals surface area (Å²) in [6, 6.07) is 20.4. The van der Waals surface area contributed by atoms with Crippen molar-refractivity contribution in [2.75, 3.05) is 0 Å². The maximum absolute atomic E-state index is 13.1. The molecule has 0 radical (unpaired) electrons. The Labute approximate surface area is 131 Å². The van der Waals surface area contributed by atoms with E-state index in [9.17, 15) is 4.79 Å². The van der Waals surface area contributed by atoms with E-state index in [1.54, 1.807) is 0 Å². The van der Waals surface area contributed by atoms with Crippen LogP contribution in [0.5, 0.6) is 0 Å². The van der Waals surface area contributed by atoms with Gasteiger partial charge in [-0.3, -0.25) is 4.79 Å². The first-order chi connectivity index (χ1) is 10.8. The van der Waals surface area contributed by atoms with Gasteiger partial charge in [-0.15, -0.1) is 0 Å².